The van der Waals surface area contributed by atoms with Gasteiger partial charge in [0.05, 0.1) is 19.3 Å². The maximum atomic E-state index is 11.1. The number of carbonyl (C=O) groups is 1. The number of rotatable bonds is 5. The van der Waals surface area contributed by atoms with E-state index in [4.69, 9.17) is 9.47 Å². The highest BCUT2D eigenvalue weighted by Crippen LogP contribution is 1.99. The van der Waals surface area contributed by atoms with Crippen LogP contribution in [0.4, 0.5) is 0 Å². The molecule has 0 rings (SSSR count). The molecule has 0 bridgehead atoms. The van der Waals surface area contributed by atoms with Gasteiger partial charge in [-0.25, -0.2) is 4.79 Å². The maximum Gasteiger partial charge on any atom is 0.334 e. The highest BCUT2D eigenvalue weighted by molar-refractivity contribution is 6.83. The van der Waals surface area contributed by atoms with Gasteiger partial charge in [0, 0.05) is 6.42 Å². The largest absolute Gasteiger partial charge is 0.497 e. The predicted octanol–water partition coefficient (Wildman–Crippen LogP) is 2.74. The van der Waals surface area contributed by atoms with Crippen LogP contribution in [-0.4, -0.2) is 27.3 Å². The van der Waals surface area contributed by atoms with Crippen molar-refractivity contribution in [2.75, 3.05) is 13.2 Å². The molecule has 0 saturated heterocycles. The summed E-state index contributed by atoms with van der Waals surface area (Å²) in [5, 5.41) is 0. The van der Waals surface area contributed by atoms with Gasteiger partial charge in [-0.3, -0.25) is 0 Å². The second kappa shape index (κ2) is 7.96. The van der Waals surface area contributed by atoms with Gasteiger partial charge < -0.3 is 9.47 Å². The fraction of sp³-hybridized carbons (Fsp3) is 0.615. The molecule has 3 nitrogen and oxygen atoms in total. The van der Waals surface area contributed by atoms with Gasteiger partial charge in [-0.2, -0.15) is 0 Å². The molecule has 0 saturated carbocycles. The molecule has 0 aliphatic rings. The van der Waals surface area contributed by atoms with Crippen LogP contribution in [0, 0.1) is 11.5 Å². The average Bonchev–Trinajstić information content (AvgIpc) is 2.15. The normalized spacial score (nSPS) is 11.5. The summed E-state index contributed by atoms with van der Waals surface area (Å²) in [5.74, 6) is 3.31. The summed E-state index contributed by atoms with van der Waals surface area (Å²) in [6.07, 6.45) is 2.05. The Bertz CT molecular complexity index is 329. The highest BCUT2D eigenvalue weighted by atomic mass is 28.3. The molecular formula is C13H22O3Si. The zero-order valence-corrected chi connectivity index (χ0v) is 12.4. The summed E-state index contributed by atoms with van der Waals surface area (Å²) in [6.45, 7) is 11.0. The molecule has 0 aromatic rings. The van der Waals surface area contributed by atoms with Crippen LogP contribution in [0.3, 0.4) is 0 Å². The van der Waals surface area contributed by atoms with Crippen LogP contribution in [0.25, 0.3) is 0 Å². The topological polar surface area (TPSA) is 35.5 Å². The van der Waals surface area contributed by atoms with Crippen LogP contribution in [-0.2, 0) is 14.3 Å². The second-order valence-electron chi connectivity index (χ2n) is 4.66. The van der Waals surface area contributed by atoms with Crippen molar-refractivity contribution in [3.05, 3.63) is 11.8 Å². The zero-order chi connectivity index (χ0) is 13.3. The van der Waals surface area contributed by atoms with E-state index in [1.54, 1.807) is 13.8 Å². The Morgan fingerprint density at radius 2 is 1.94 bits per heavy atom. The number of carbonyl (C=O) groups excluding carboxylic acids is 1. The van der Waals surface area contributed by atoms with Crippen LogP contribution < -0.4 is 0 Å². The van der Waals surface area contributed by atoms with E-state index in [2.05, 4.69) is 31.1 Å². The van der Waals surface area contributed by atoms with Crippen LogP contribution in [0.2, 0.25) is 19.6 Å². The fourth-order valence-electron chi connectivity index (χ4n) is 0.982. The summed E-state index contributed by atoms with van der Waals surface area (Å²) < 4.78 is 10.1. The highest BCUT2D eigenvalue weighted by Gasteiger charge is 2.06. The van der Waals surface area contributed by atoms with E-state index >= 15 is 0 Å². The summed E-state index contributed by atoms with van der Waals surface area (Å²) in [7, 11) is -1.28. The third kappa shape index (κ3) is 11.1. The van der Waals surface area contributed by atoms with Gasteiger partial charge in [0.25, 0.3) is 0 Å². The Morgan fingerprint density at radius 1 is 1.29 bits per heavy atom. The monoisotopic (exact) mass is 254 g/mol. The van der Waals surface area contributed by atoms with Gasteiger partial charge >= 0.3 is 5.97 Å². The zero-order valence-electron chi connectivity index (χ0n) is 11.4. The first-order valence-corrected chi connectivity index (χ1v) is 9.33. The summed E-state index contributed by atoms with van der Waals surface area (Å²) in [6, 6.07) is 0. The second-order valence-corrected chi connectivity index (χ2v) is 9.41. The van der Waals surface area contributed by atoms with Crippen LogP contribution in [0.15, 0.2) is 11.8 Å². The summed E-state index contributed by atoms with van der Waals surface area (Å²) in [5.41, 5.74) is 3.25. The van der Waals surface area contributed by atoms with E-state index < -0.39 is 8.07 Å². The van der Waals surface area contributed by atoms with E-state index in [1.807, 2.05) is 0 Å². The van der Waals surface area contributed by atoms with Crippen LogP contribution >= 0.6 is 0 Å². The maximum absolute atomic E-state index is 11.1. The third-order valence-electron chi connectivity index (χ3n) is 1.63. The van der Waals surface area contributed by atoms with Crippen molar-refractivity contribution in [3.63, 3.8) is 0 Å². The summed E-state index contributed by atoms with van der Waals surface area (Å²) in [4.78, 5) is 11.1. The molecule has 0 fully saturated rings. The lowest BCUT2D eigenvalue weighted by atomic mass is 10.4. The lowest BCUT2D eigenvalue weighted by Crippen LogP contribution is -2.16. The first kappa shape index (κ1) is 15.8. The quantitative estimate of drug-likeness (QED) is 0.189. The van der Waals surface area contributed by atoms with Crippen molar-refractivity contribution in [3.8, 4) is 11.5 Å². The Labute approximate surface area is 105 Å². The third-order valence-corrected chi connectivity index (χ3v) is 2.55. The lowest BCUT2D eigenvalue weighted by Gasteiger charge is -2.05. The van der Waals surface area contributed by atoms with Gasteiger partial charge in [0.2, 0.25) is 0 Å². The first-order valence-electron chi connectivity index (χ1n) is 5.83. The molecule has 0 aliphatic heterocycles. The van der Waals surface area contributed by atoms with E-state index in [1.165, 1.54) is 6.08 Å². The number of allylic oxidation sites excluding steroid dienone is 1. The molecule has 4 heteroatoms. The Hall–Kier alpha value is -1.21. The molecule has 0 aliphatic carbocycles. The number of ether oxygens (including phenoxy) is 2. The molecule has 0 amide bonds. The van der Waals surface area contributed by atoms with Gasteiger partial charge in [-0.15, -0.1) is 11.5 Å². The molecule has 17 heavy (non-hydrogen) atoms. The molecule has 0 N–H and O–H groups in total. The summed E-state index contributed by atoms with van der Waals surface area (Å²) >= 11 is 0. The number of esters is 1. The molecule has 0 radical (unpaired) electrons. The minimum absolute atomic E-state index is 0.363. The molecule has 0 heterocycles. The fourth-order valence-corrected chi connectivity index (χ4v) is 1.64. The minimum atomic E-state index is -1.28. The lowest BCUT2D eigenvalue weighted by molar-refractivity contribution is -0.137. The van der Waals surface area contributed by atoms with Crippen molar-refractivity contribution in [2.24, 2.45) is 0 Å². The molecule has 0 aromatic heterocycles. The molecular weight excluding hydrogens is 232 g/mol. The standard InChI is InChI=1S/C13H22O3Si/c1-6-15-13(14)11-12(2)16-9-7-8-10-17(3,4)5/h11H,6-7,9H2,1-5H3/b12-11+. The Kier molecular flexibility index (Phi) is 7.40. The molecule has 0 unspecified atom stereocenters. The molecule has 96 valence electrons. The van der Waals surface area contributed by atoms with Crippen molar-refractivity contribution < 1.29 is 14.3 Å². The van der Waals surface area contributed by atoms with Crippen molar-refractivity contribution in [1.82, 2.24) is 0 Å². The molecule has 0 atom stereocenters. The molecule has 0 aromatic carbocycles. The van der Waals surface area contributed by atoms with E-state index in [0.717, 1.165) is 0 Å². The van der Waals surface area contributed by atoms with Crippen LogP contribution in [0.5, 0.6) is 0 Å². The number of hydrogen-bond donors (Lipinski definition) is 0. The SMILES string of the molecule is CCOC(=O)/C=C(\C)OCCC#C[Si](C)(C)C. The van der Waals surface area contributed by atoms with Crippen molar-refractivity contribution in [2.45, 2.75) is 39.9 Å². The predicted molar refractivity (Wildman–Crippen MR) is 72.1 cm³/mol. The van der Waals surface area contributed by atoms with Crippen LogP contribution in [0.1, 0.15) is 20.3 Å². The van der Waals surface area contributed by atoms with Gasteiger partial charge in [-0.05, 0) is 13.8 Å². The smallest absolute Gasteiger partial charge is 0.334 e. The van der Waals surface area contributed by atoms with Gasteiger partial charge in [-0.1, -0.05) is 19.6 Å². The first-order chi connectivity index (χ1) is 7.85. The number of hydrogen-bond acceptors (Lipinski definition) is 3. The van der Waals surface area contributed by atoms with Gasteiger partial charge in [0.1, 0.15) is 13.8 Å². The molecule has 0 spiro atoms. The Balaban J connectivity index is 3.89. The van der Waals surface area contributed by atoms with Crippen molar-refractivity contribution in [1.29, 1.82) is 0 Å². The minimum Gasteiger partial charge on any atom is -0.497 e. The van der Waals surface area contributed by atoms with Gasteiger partial charge in [0.15, 0.2) is 0 Å². The van der Waals surface area contributed by atoms with Crippen molar-refractivity contribution >= 4 is 14.0 Å². The Morgan fingerprint density at radius 3 is 2.47 bits per heavy atom. The van der Waals surface area contributed by atoms with E-state index in [9.17, 15) is 4.79 Å². The average molecular weight is 254 g/mol. The van der Waals surface area contributed by atoms with E-state index in [-0.39, 0.29) is 5.97 Å². The van der Waals surface area contributed by atoms with E-state index in [0.29, 0.717) is 25.4 Å².